The molecule has 0 N–H and O–H groups in total. The highest BCUT2D eigenvalue weighted by Gasteiger charge is 2.31. The predicted octanol–water partition coefficient (Wildman–Crippen LogP) is 12.5. The fourth-order valence-corrected chi connectivity index (χ4v) is 8.31. The van der Waals surface area contributed by atoms with Gasteiger partial charge in [0, 0.05) is 34.6 Å². The van der Waals surface area contributed by atoms with Crippen LogP contribution in [0.4, 0.5) is 0 Å². The van der Waals surface area contributed by atoms with Crippen molar-refractivity contribution in [1.29, 1.82) is 0 Å². The maximum absolute atomic E-state index is 5.05. The Labute approximate surface area is 313 Å². The Kier molecular flexibility index (Phi) is 9.21. The van der Waals surface area contributed by atoms with E-state index < -0.39 is 0 Å². The number of aromatic nitrogens is 2. The zero-order valence-corrected chi connectivity index (χ0v) is 29.9. The lowest BCUT2D eigenvalue weighted by molar-refractivity contribution is 0.503. The molecule has 0 fully saturated rings. The molecule has 0 bridgehead atoms. The smallest absolute Gasteiger partial charge is 0.228 e. The van der Waals surface area contributed by atoms with E-state index in [1.54, 1.807) is 0 Å². The number of benzene rings is 4. The van der Waals surface area contributed by atoms with Crippen LogP contribution in [0.2, 0.25) is 0 Å². The summed E-state index contributed by atoms with van der Waals surface area (Å²) in [7, 11) is 0. The minimum Gasteiger partial charge on any atom is -0.228 e. The first kappa shape index (κ1) is 32.8. The minimum atomic E-state index is 0.296. The fraction of sp³-hybridized carbons (Fsp3) is 0.200. The summed E-state index contributed by atoms with van der Waals surface area (Å²) in [6.07, 6.45) is 24.4. The minimum absolute atomic E-state index is 0.296. The second kappa shape index (κ2) is 14.9. The molecule has 1 aliphatic heterocycles. The van der Waals surface area contributed by atoms with E-state index >= 15 is 0 Å². The van der Waals surface area contributed by atoms with Crippen LogP contribution in [0, 0.1) is 17.9 Å². The third kappa shape index (κ3) is 7.07. The van der Waals surface area contributed by atoms with Gasteiger partial charge in [-0.25, -0.2) is 9.97 Å². The van der Waals surface area contributed by atoms with E-state index in [1.807, 2.05) is 18.2 Å². The van der Waals surface area contributed by atoms with Crippen LogP contribution in [0.3, 0.4) is 0 Å². The highest BCUT2D eigenvalue weighted by atomic mass is 14.9. The van der Waals surface area contributed by atoms with E-state index in [9.17, 15) is 0 Å². The second-order valence-corrected chi connectivity index (χ2v) is 14.6. The molecule has 4 unspecified atom stereocenters. The van der Waals surface area contributed by atoms with Gasteiger partial charge in [-0.15, -0.1) is 5.73 Å². The number of fused-ring (bicyclic) bond motifs is 3. The molecule has 1 aromatic heterocycles. The van der Waals surface area contributed by atoms with Crippen molar-refractivity contribution in [3.63, 3.8) is 0 Å². The van der Waals surface area contributed by atoms with E-state index in [0.717, 1.165) is 66.7 Å². The summed E-state index contributed by atoms with van der Waals surface area (Å²) in [4.78, 5) is 14.5. The number of allylic oxidation sites excluding steroid dienone is 8. The zero-order chi connectivity index (χ0) is 35.4. The first-order valence-electron chi connectivity index (χ1n) is 19.1. The van der Waals surface area contributed by atoms with Gasteiger partial charge < -0.3 is 0 Å². The van der Waals surface area contributed by atoms with Gasteiger partial charge in [-0.2, -0.15) is 0 Å². The van der Waals surface area contributed by atoms with Crippen molar-refractivity contribution < 1.29 is 0 Å². The Bertz CT molecular complexity index is 2390. The summed E-state index contributed by atoms with van der Waals surface area (Å²) in [6, 6.07) is 42.5. The van der Waals surface area contributed by atoms with Crippen molar-refractivity contribution in [1.82, 2.24) is 9.97 Å². The third-order valence-corrected chi connectivity index (χ3v) is 11.2. The largest absolute Gasteiger partial charge is 0.361 e. The molecule has 5 aromatic rings. The summed E-state index contributed by atoms with van der Waals surface area (Å²) in [5.74, 6) is 2.27. The maximum atomic E-state index is 5.05. The number of hydrogen-bond acceptors (Lipinski definition) is 2. The van der Waals surface area contributed by atoms with E-state index in [4.69, 9.17) is 9.97 Å². The molecule has 256 valence electrons. The molecule has 0 saturated carbocycles. The van der Waals surface area contributed by atoms with Crippen LogP contribution >= 0.6 is 0 Å². The highest BCUT2D eigenvalue weighted by molar-refractivity contribution is 5.75. The van der Waals surface area contributed by atoms with Crippen molar-refractivity contribution in [2.45, 2.75) is 50.4 Å². The van der Waals surface area contributed by atoms with Gasteiger partial charge in [0.1, 0.15) is 0 Å². The Morgan fingerprint density at radius 2 is 1.49 bits per heavy atom. The fourth-order valence-electron chi connectivity index (χ4n) is 8.31. The summed E-state index contributed by atoms with van der Waals surface area (Å²) < 4.78 is 0. The average molecular weight is 685 g/mol. The van der Waals surface area contributed by atoms with Gasteiger partial charge in [0.15, 0.2) is 11.5 Å². The molecular formula is C50H42N3+. The molecule has 4 atom stereocenters. The molecule has 0 saturated heterocycles. The monoisotopic (exact) mass is 684 g/mol. The van der Waals surface area contributed by atoms with Gasteiger partial charge >= 0.3 is 5.70 Å². The molecular weight excluding hydrogens is 643 g/mol. The Morgan fingerprint density at radius 1 is 0.698 bits per heavy atom. The lowest BCUT2D eigenvalue weighted by Crippen LogP contribution is -2.08. The lowest BCUT2D eigenvalue weighted by atomic mass is 9.82. The molecule has 4 aliphatic rings. The first-order chi connectivity index (χ1) is 26.2. The molecule has 0 spiro atoms. The molecule has 0 amide bonds. The number of nitrogens with zero attached hydrogens (tertiary/aromatic N) is 3. The average Bonchev–Trinajstić information content (AvgIpc) is 3.54. The van der Waals surface area contributed by atoms with Crippen LogP contribution in [0.15, 0.2) is 169 Å². The van der Waals surface area contributed by atoms with E-state index in [0.29, 0.717) is 29.5 Å². The molecule has 53 heavy (non-hydrogen) atoms. The van der Waals surface area contributed by atoms with Crippen molar-refractivity contribution in [2.24, 2.45) is 11.8 Å². The van der Waals surface area contributed by atoms with E-state index in [2.05, 4.69) is 156 Å². The van der Waals surface area contributed by atoms with Crippen LogP contribution < -0.4 is 0 Å². The molecule has 4 aromatic carbocycles. The number of hydrogen-bond donors (Lipinski definition) is 0. The first-order valence-corrected chi connectivity index (χ1v) is 19.1. The highest BCUT2D eigenvalue weighted by Crippen LogP contribution is 2.45. The van der Waals surface area contributed by atoms with Crippen molar-refractivity contribution in [2.75, 3.05) is 0 Å². The predicted molar refractivity (Wildman–Crippen MR) is 218 cm³/mol. The molecule has 2 heterocycles. The van der Waals surface area contributed by atoms with Crippen molar-refractivity contribution in [3.8, 4) is 39.8 Å². The van der Waals surface area contributed by atoms with Crippen LogP contribution in [-0.2, 0) is 6.42 Å². The van der Waals surface area contributed by atoms with E-state index in [1.165, 1.54) is 33.4 Å². The zero-order valence-electron chi connectivity index (χ0n) is 29.9. The van der Waals surface area contributed by atoms with Gasteiger partial charge in [0.05, 0.1) is 12.1 Å². The topological polar surface area (TPSA) is 30.1 Å². The summed E-state index contributed by atoms with van der Waals surface area (Å²) in [5.41, 5.74) is 16.6. The molecule has 3 heteroatoms. The van der Waals surface area contributed by atoms with Gasteiger partial charge in [-0.3, -0.25) is 0 Å². The van der Waals surface area contributed by atoms with Crippen molar-refractivity contribution >= 4 is 5.70 Å². The summed E-state index contributed by atoms with van der Waals surface area (Å²) in [5, 5.41) is 0. The number of rotatable bonds is 7. The van der Waals surface area contributed by atoms with Crippen LogP contribution in [-0.4, -0.2) is 9.97 Å². The standard InChI is InChI=1S/C50H42N3/c1-4-12-36(13-5-1)38-23-24-39-25-26-43(45-30-28-42(37-14-6-2-7-15-37)33-46(45)44(39)29-27-38)32-35-19-21-40(22-20-35)48-34-49(47-18-10-11-31-51-47)53-50(52-48)41-16-8-3-9-17-41/h1-9,12,14-24,28-30,33-34,36,39,43-44H,10-11,13,25-26,32H2/q+1. The normalized spacial score (nSPS) is 21.3. The Hall–Kier alpha value is -6.07. The van der Waals surface area contributed by atoms with Gasteiger partial charge in [0.25, 0.3) is 6.07 Å². The van der Waals surface area contributed by atoms with Crippen LogP contribution in [0.5, 0.6) is 0 Å². The second-order valence-electron chi connectivity index (χ2n) is 14.6. The Morgan fingerprint density at radius 3 is 2.26 bits per heavy atom. The van der Waals surface area contributed by atoms with Crippen LogP contribution in [0.25, 0.3) is 44.3 Å². The van der Waals surface area contributed by atoms with Crippen molar-refractivity contribution in [3.05, 3.63) is 196 Å². The Balaban J connectivity index is 1.04. The van der Waals surface area contributed by atoms with Gasteiger partial charge in [-0.05, 0) is 88.7 Å². The van der Waals surface area contributed by atoms with Gasteiger partial charge in [0.2, 0.25) is 0 Å². The van der Waals surface area contributed by atoms with Crippen LogP contribution in [0.1, 0.15) is 66.3 Å². The third-order valence-electron chi connectivity index (χ3n) is 11.2. The summed E-state index contributed by atoms with van der Waals surface area (Å²) in [6.45, 7) is 0. The summed E-state index contributed by atoms with van der Waals surface area (Å²) >= 11 is 0. The lowest BCUT2D eigenvalue weighted by Gasteiger charge is -2.22. The van der Waals surface area contributed by atoms with E-state index in [-0.39, 0.29) is 0 Å². The molecule has 3 nitrogen and oxygen atoms in total. The molecule has 0 radical (unpaired) electrons. The molecule has 3 aliphatic carbocycles. The maximum Gasteiger partial charge on any atom is 0.361 e. The quantitative estimate of drug-likeness (QED) is 0.160. The molecule has 9 rings (SSSR count). The SMILES string of the molecule is C1=CC2c3cc(-c4ccccc4)ccc3C(Cc3ccc(-c4cc(C5=CCCC#[N+]5)nc(-c5ccccc5)n4)cc3)CCC2C=CC=1C1C=CC=CC1. The van der Waals surface area contributed by atoms with Gasteiger partial charge in [-0.1, -0.05) is 140 Å².